The number of nitrogens with zero attached hydrogens (tertiary/aromatic N) is 1. The third-order valence-corrected chi connectivity index (χ3v) is 3.33. The fraction of sp³-hybridized carbons (Fsp3) is 0.312. The molecular weight excluding hydrogens is 268 g/mol. The molecule has 112 valence electrons. The molecule has 5 nitrogen and oxygen atoms in total. The Labute approximate surface area is 124 Å². The first kappa shape index (κ1) is 15.0. The highest BCUT2D eigenvalue weighted by Gasteiger charge is 2.13. The van der Waals surface area contributed by atoms with Crippen LogP contribution in [-0.4, -0.2) is 19.6 Å². The lowest BCUT2D eigenvalue weighted by Gasteiger charge is -2.21. The summed E-state index contributed by atoms with van der Waals surface area (Å²) in [5.74, 6) is 0.536. The van der Waals surface area contributed by atoms with Gasteiger partial charge in [0.15, 0.2) is 0 Å². The standard InChI is InChI=1S/C16H20N2O3/c1-4-20-16(19)12-5-6-14(17)15(9-12)18(3)10-13-7-8-21-11(13)2/h5-9H,4,10,17H2,1-3H3. The van der Waals surface area contributed by atoms with Crippen LogP contribution in [0.1, 0.15) is 28.6 Å². The number of hydrogen-bond acceptors (Lipinski definition) is 5. The van der Waals surface area contributed by atoms with Crippen LogP contribution in [0, 0.1) is 6.92 Å². The van der Waals surface area contributed by atoms with Gasteiger partial charge in [-0.1, -0.05) is 0 Å². The summed E-state index contributed by atoms with van der Waals surface area (Å²) in [4.78, 5) is 13.8. The van der Waals surface area contributed by atoms with Crippen molar-refractivity contribution < 1.29 is 13.9 Å². The van der Waals surface area contributed by atoms with Gasteiger partial charge in [-0.05, 0) is 38.1 Å². The van der Waals surface area contributed by atoms with E-state index in [9.17, 15) is 4.79 Å². The van der Waals surface area contributed by atoms with Gasteiger partial charge in [-0.15, -0.1) is 0 Å². The Hall–Kier alpha value is -2.43. The van der Waals surface area contributed by atoms with Gasteiger partial charge >= 0.3 is 5.97 Å². The largest absolute Gasteiger partial charge is 0.469 e. The summed E-state index contributed by atoms with van der Waals surface area (Å²) < 4.78 is 10.3. The van der Waals surface area contributed by atoms with Crippen LogP contribution in [0.3, 0.4) is 0 Å². The molecule has 0 aliphatic rings. The quantitative estimate of drug-likeness (QED) is 0.676. The van der Waals surface area contributed by atoms with Gasteiger partial charge in [0, 0.05) is 19.2 Å². The predicted octanol–water partition coefficient (Wildman–Crippen LogP) is 2.98. The molecule has 0 fully saturated rings. The fourth-order valence-electron chi connectivity index (χ4n) is 2.13. The van der Waals surface area contributed by atoms with Crippen molar-refractivity contribution in [3.05, 3.63) is 47.4 Å². The Morgan fingerprint density at radius 2 is 2.14 bits per heavy atom. The summed E-state index contributed by atoms with van der Waals surface area (Å²) >= 11 is 0. The number of rotatable bonds is 5. The molecule has 0 amide bonds. The summed E-state index contributed by atoms with van der Waals surface area (Å²) in [6, 6.07) is 7.08. The number of nitrogen functional groups attached to an aromatic ring is 1. The zero-order valence-corrected chi connectivity index (χ0v) is 12.6. The zero-order valence-electron chi connectivity index (χ0n) is 12.6. The fourth-order valence-corrected chi connectivity index (χ4v) is 2.13. The van der Waals surface area contributed by atoms with Gasteiger partial charge in [-0.3, -0.25) is 0 Å². The lowest BCUT2D eigenvalue weighted by Crippen LogP contribution is -2.18. The minimum Gasteiger partial charge on any atom is -0.469 e. The zero-order chi connectivity index (χ0) is 15.4. The van der Waals surface area contributed by atoms with Crippen molar-refractivity contribution in [3.63, 3.8) is 0 Å². The monoisotopic (exact) mass is 288 g/mol. The van der Waals surface area contributed by atoms with Gasteiger partial charge in [-0.2, -0.15) is 0 Å². The number of carbonyl (C=O) groups excluding carboxylic acids is 1. The van der Waals surface area contributed by atoms with E-state index in [4.69, 9.17) is 14.9 Å². The van der Waals surface area contributed by atoms with E-state index >= 15 is 0 Å². The first-order chi connectivity index (χ1) is 10.0. The van der Waals surface area contributed by atoms with Crippen LogP contribution in [0.4, 0.5) is 11.4 Å². The topological polar surface area (TPSA) is 68.7 Å². The minimum atomic E-state index is -0.341. The lowest BCUT2D eigenvalue weighted by atomic mass is 10.1. The average Bonchev–Trinajstić information content (AvgIpc) is 2.85. The Morgan fingerprint density at radius 1 is 1.38 bits per heavy atom. The molecule has 0 bridgehead atoms. The molecule has 0 aliphatic heterocycles. The van der Waals surface area contributed by atoms with E-state index in [-0.39, 0.29) is 5.97 Å². The smallest absolute Gasteiger partial charge is 0.338 e. The Balaban J connectivity index is 2.23. The maximum Gasteiger partial charge on any atom is 0.338 e. The molecule has 1 aromatic carbocycles. The molecule has 5 heteroatoms. The van der Waals surface area contributed by atoms with Crippen molar-refractivity contribution in [2.75, 3.05) is 24.3 Å². The molecule has 1 aromatic heterocycles. The van der Waals surface area contributed by atoms with Crippen LogP contribution in [0.15, 0.2) is 34.9 Å². The van der Waals surface area contributed by atoms with Gasteiger partial charge in [0.25, 0.3) is 0 Å². The van der Waals surface area contributed by atoms with Crippen LogP contribution < -0.4 is 10.6 Å². The van der Waals surface area contributed by atoms with Crippen LogP contribution >= 0.6 is 0 Å². The maximum atomic E-state index is 11.8. The second kappa shape index (κ2) is 6.35. The molecule has 2 rings (SSSR count). The molecule has 0 aliphatic carbocycles. The summed E-state index contributed by atoms with van der Waals surface area (Å²) in [5, 5.41) is 0. The van der Waals surface area contributed by atoms with Crippen molar-refractivity contribution in [2.45, 2.75) is 20.4 Å². The number of benzene rings is 1. The Morgan fingerprint density at radius 3 is 2.76 bits per heavy atom. The van der Waals surface area contributed by atoms with Crippen molar-refractivity contribution in [1.29, 1.82) is 0 Å². The van der Waals surface area contributed by atoms with Crippen LogP contribution in [-0.2, 0) is 11.3 Å². The number of hydrogen-bond donors (Lipinski definition) is 1. The number of ether oxygens (including phenoxy) is 1. The summed E-state index contributed by atoms with van der Waals surface area (Å²) in [5.41, 5.74) is 9.00. The first-order valence-corrected chi connectivity index (χ1v) is 6.83. The number of aryl methyl sites for hydroxylation is 1. The molecule has 0 radical (unpaired) electrons. The minimum absolute atomic E-state index is 0.341. The number of esters is 1. The third kappa shape index (κ3) is 3.37. The van der Waals surface area contributed by atoms with E-state index in [2.05, 4.69) is 0 Å². The van der Waals surface area contributed by atoms with Crippen molar-refractivity contribution in [3.8, 4) is 0 Å². The van der Waals surface area contributed by atoms with Gasteiger partial charge in [0.05, 0.1) is 29.8 Å². The molecule has 2 aromatic rings. The molecule has 1 heterocycles. The van der Waals surface area contributed by atoms with Crippen LogP contribution in [0.5, 0.6) is 0 Å². The van der Waals surface area contributed by atoms with Gasteiger partial charge in [0.1, 0.15) is 5.76 Å². The summed E-state index contributed by atoms with van der Waals surface area (Å²) in [6.45, 7) is 4.70. The van der Waals surface area contributed by atoms with E-state index in [1.54, 1.807) is 31.4 Å². The summed E-state index contributed by atoms with van der Waals surface area (Å²) in [7, 11) is 1.92. The molecule has 21 heavy (non-hydrogen) atoms. The van der Waals surface area contributed by atoms with Gasteiger partial charge < -0.3 is 19.8 Å². The van der Waals surface area contributed by atoms with Gasteiger partial charge in [0.2, 0.25) is 0 Å². The second-order valence-corrected chi connectivity index (χ2v) is 4.85. The molecule has 0 spiro atoms. The van der Waals surface area contributed by atoms with Crippen molar-refractivity contribution in [1.82, 2.24) is 0 Å². The van der Waals surface area contributed by atoms with E-state index in [0.29, 0.717) is 24.4 Å². The molecule has 0 saturated carbocycles. The molecule has 0 atom stereocenters. The van der Waals surface area contributed by atoms with E-state index in [0.717, 1.165) is 17.0 Å². The van der Waals surface area contributed by atoms with Crippen LogP contribution in [0.25, 0.3) is 0 Å². The highest BCUT2D eigenvalue weighted by atomic mass is 16.5. The lowest BCUT2D eigenvalue weighted by molar-refractivity contribution is 0.0526. The van der Waals surface area contributed by atoms with Crippen LogP contribution in [0.2, 0.25) is 0 Å². The average molecular weight is 288 g/mol. The Bertz CT molecular complexity index is 634. The van der Waals surface area contributed by atoms with E-state index in [1.807, 2.05) is 24.9 Å². The SMILES string of the molecule is CCOC(=O)c1ccc(N)c(N(C)Cc2ccoc2C)c1. The highest BCUT2D eigenvalue weighted by molar-refractivity contribution is 5.92. The molecule has 0 saturated heterocycles. The van der Waals surface area contributed by atoms with Crippen molar-refractivity contribution >= 4 is 17.3 Å². The first-order valence-electron chi connectivity index (χ1n) is 6.83. The Kier molecular flexibility index (Phi) is 4.52. The number of carbonyl (C=O) groups is 1. The normalized spacial score (nSPS) is 10.4. The number of furan rings is 1. The van der Waals surface area contributed by atoms with Crippen molar-refractivity contribution in [2.24, 2.45) is 0 Å². The third-order valence-electron chi connectivity index (χ3n) is 3.33. The molecule has 0 unspecified atom stereocenters. The highest BCUT2D eigenvalue weighted by Crippen LogP contribution is 2.26. The maximum absolute atomic E-state index is 11.8. The second-order valence-electron chi connectivity index (χ2n) is 4.85. The molecular formula is C16H20N2O3. The number of anilines is 2. The van der Waals surface area contributed by atoms with E-state index in [1.165, 1.54) is 0 Å². The van der Waals surface area contributed by atoms with Gasteiger partial charge in [-0.25, -0.2) is 4.79 Å². The van der Waals surface area contributed by atoms with E-state index < -0.39 is 0 Å². The summed E-state index contributed by atoms with van der Waals surface area (Å²) in [6.07, 6.45) is 1.66. The number of nitrogens with two attached hydrogens (primary N) is 1. The predicted molar refractivity (Wildman–Crippen MR) is 82.4 cm³/mol. The molecule has 2 N–H and O–H groups in total.